The summed E-state index contributed by atoms with van der Waals surface area (Å²) in [6.45, 7) is 18.4. The molecule has 692 valence electrons. The molecule has 6 aromatic carbocycles. The number of nitrogens with zero attached hydrogens (tertiary/aromatic N) is 18. The van der Waals surface area contributed by atoms with E-state index in [0.29, 0.717) is 108 Å². The Bertz CT molecular complexity index is 6770. The lowest BCUT2D eigenvalue weighted by atomic mass is 10.0. The predicted octanol–water partition coefficient (Wildman–Crippen LogP) is 17.0. The van der Waals surface area contributed by atoms with Crippen LogP contribution in [0.15, 0.2) is 221 Å². The van der Waals surface area contributed by atoms with Crippen molar-refractivity contribution < 1.29 is 38.6 Å². The molecule has 5 aliphatic rings. The normalized spacial score (nSPS) is 14.0. The second kappa shape index (κ2) is 43.1. The van der Waals surface area contributed by atoms with Crippen LogP contribution in [0.2, 0.25) is 20.1 Å². The number of carbonyl (C=O) groups is 3. The number of nitro groups is 3. The number of pyridine rings is 4. The van der Waals surface area contributed by atoms with Crippen LogP contribution in [-0.2, 0) is 13.1 Å². The first kappa shape index (κ1) is 95.2. The van der Waals surface area contributed by atoms with Gasteiger partial charge in [-0.2, -0.15) is 0 Å². The van der Waals surface area contributed by atoms with Crippen LogP contribution in [-0.4, -0.2) is 205 Å². The summed E-state index contributed by atoms with van der Waals surface area (Å²) in [4.78, 5) is 111. The van der Waals surface area contributed by atoms with E-state index >= 15 is 0 Å². The van der Waals surface area contributed by atoms with Gasteiger partial charge in [0.2, 0.25) is 17.5 Å². The van der Waals surface area contributed by atoms with E-state index in [9.17, 15) is 44.7 Å². The van der Waals surface area contributed by atoms with Gasteiger partial charge in [0.15, 0.2) is 23.2 Å². The van der Waals surface area contributed by atoms with Gasteiger partial charge < -0.3 is 61.0 Å². The average Bonchev–Trinajstić information content (AvgIpc) is 1.68. The lowest BCUT2D eigenvalue weighted by Crippen LogP contribution is -2.44. The van der Waals surface area contributed by atoms with Crippen LogP contribution < -0.4 is 56.1 Å². The number of amidine groups is 1. The molecule has 0 aliphatic carbocycles. The van der Waals surface area contributed by atoms with E-state index in [1.165, 1.54) is 23.3 Å². The second-order valence-corrected chi connectivity index (χ2v) is 34.1. The fourth-order valence-electron chi connectivity index (χ4n) is 15.5. The largest absolute Gasteiger partial charge is 0.497 e. The minimum Gasteiger partial charge on any atom is -0.497 e. The molecule has 0 unspecified atom stereocenters. The molecule has 5 aliphatic heterocycles. The van der Waals surface area contributed by atoms with Crippen LogP contribution in [0.3, 0.4) is 0 Å². The van der Waals surface area contributed by atoms with E-state index in [1.54, 1.807) is 131 Å². The van der Waals surface area contributed by atoms with E-state index in [1.807, 2.05) is 79.0 Å². The smallest absolute Gasteiger partial charge is 0.334 e. The Morgan fingerprint density at radius 2 is 0.881 bits per heavy atom. The first-order chi connectivity index (χ1) is 65.2. The van der Waals surface area contributed by atoms with Crippen LogP contribution >= 0.6 is 62.3 Å². The Hall–Kier alpha value is -14.4. The number of hydrogen-bond acceptors (Lipinski definition) is 30. The Morgan fingerprint density at radius 3 is 1.33 bits per heavy atom. The van der Waals surface area contributed by atoms with Gasteiger partial charge in [-0.3, -0.25) is 64.2 Å². The Morgan fingerprint density at radius 1 is 0.474 bits per heavy atom. The number of anilines is 10. The third-order valence-corrected chi connectivity index (χ3v) is 24.6. The van der Waals surface area contributed by atoms with Crippen LogP contribution in [0.25, 0.3) is 0 Å². The van der Waals surface area contributed by atoms with Crippen molar-refractivity contribution in [1.29, 1.82) is 0 Å². The highest BCUT2D eigenvalue weighted by Crippen LogP contribution is 2.40. The molecule has 0 atom stereocenters. The molecule has 0 bridgehead atoms. The number of benzene rings is 6. The maximum absolute atomic E-state index is 13.6. The number of H-pyrrole nitrogens is 1. The van der Waals surface area contributed by atoms with Crippen LogP contribution in [0, 0.1) is 51.1 Å². The summed E-state index contributed by atoms with van der Waals surface area (Å²) >= 11 is 28.6. The summed E-state index contributed by atoms with van der Waals surface area (Å²) in [5.74, 6) is 3.51. The Kier molecular flexibility index (Phi) is 30.4. The number of aromatic amines is 1. The molecule has 18 rings (SSSR count). The summed E-state index contributed by atoms with van der Waals surface area (Å²) < 4.78 is 13.9. The molecule has 0 radical (unpaired) electrons. The maximum atomic E-state index is 13.6. The Balaban J connectivity index is 0.000000138. The number of nitrogens with one attached hydrogen (secondary N) is 7. The highest BCUT2D eigenvalue weighted by atomic mass is 79.9. The lowest BCUT2D eigenvalue weighted by molar-refractivity contribution is -0.384. The minimum absolute atomic E-state index is 0.00678. The molecular weight excluding hydrogens is 1880 g/mol. The van der Waals surface area contributed by atoms with Gasteiger partial charge in [-0.1, -0.05) is 125 Å². The number of ether oxygens (including phenoxy) is 2. The van der Waals surface area contributed by atoms with Gasteiger partial charge in [-0.05, 0) is 140 Å². The summed E-state index contributed by atoms with van der Waals surface area (Å²) in [6, 6.07) is 49.8. The molecule has 3 fully saturated rings. The zero-order chi connectivity index (χ0) is 95.3. The standard InChI is InChI=1S/C29H30ClN7O4.C24H19BrClN5O4.C21H21ClN6.C20H20ClN7O3/c1-19-27(37(39)40)29(33-36(19)18-20-8-10-21(41-3)11-9-20)32-25-16-26(35-14-12-34(2)13-15-35)31-17-23(25)28(38)22-6-4-5-7-24(22)30;1-14-22(31(33)34)24(29-30(14)13-15-7-9-16(35-2)10-8-15)28-20-11-21(25)27-12-18(20)23(32)17-5-3-4-6-19(17)26;1-13-11-25-21-19(13)27-20(14-4-2-3-5-16(14)22)15-12-24-18(10-17(15)26-21)28-8-6-23-7-9-28;1-12-18(28(30)31)20(26-25-12)24-16-10-17(27-8-6-22-7-9-27)23-11-14(16)19(29)13-4-2-3-5-15(13)21/h4-11,16-17H,12-15,18H2,1-3H3,(H,31,32,33);3-12H,13H2,1-2H3,(H,27,28,29);2-5,10,12,23H,6-9,11H2,1H3,(H,25,26);2-5,10-11,22H,6-9H2,1H3,(H2,23,24,25,26). The number of likely N-dealkylation sites (N-methyl/N-ethyl adjacent to an activating group) is 1. The summed E-state index contributed by atoms with van der Waals surface area (Å²) in [5, 5.41) is 72.0. The van der Waals surface area contributed by atoms with Gasteiger partial charge in [0.05, 0.1) is 109 Å². The summed E-state index contributed by atoms with van der Waals surface area (Å²) in [6.07, 6.45) is 6.25. The highest BCUT2D eigenvalue weighted by molar-refractivity contribution is 9.10. The van der Waals surface area contributed by atoms with Gasteiger partial charge in [0.1, 0.15) is 56.3 Å². The monoisotopic (exact) mass is 1960 g/mol. The molecule has 12 heterocycles. The number of methoxy groups -OCH3 is 2. The third kappa shape index (κ3) is 22.1. The first-order valence-electron chi connectivity index (χ1n) is 42.6. The van der Waals surface area contributed by atoms with Crippen molar-refractivity contribution in [2.75, 3.05) is 142 Å². The molecule has 36 nitrogen and oxygen atoms in total. The number of aromatic nitrogens is 10. The number of halogens is 5. The minimum atomic E-state index is -0.519. The van der Waals surface area contributed by atoms with Crippen molar-refractivity contribution in [3.8, 4) is 11.5 Å². The van der Waals surface area contributed by atoms with Gasteiger partial charge >= 0.3 is 17.1 Å². The van der Waals surface area contributed by atoms with Crippen LogP contribution in [0.5, 0.6) is 11.5 Å². The number of rotatable bonds is 25. The van der Waals surface area contributed by atoms with Gasteiger partial charge in [0.25, 0.3) is 0 Å². The molecule has 135 heavy (non-hydrogen) atoms. The lowest BCUT2D eigenvalue weighted by Gasteiger charge is -2.33. The molecule has 41 heteroatoms. The van der Waals surface area contributed by atoms with Crippen molar-refractivity contribution in [3.63, 3.8) is 0 Å². The summed E-state index contributed by atoms with van der Waals surface area (Å²) in [7, 11) is 5.23. The number of piperazine rings is 3. The molecule has 7 aromatic heterocycles. The highest BCUT2D eigenvalue weighted by Gasteiger charge is 2.34. The number of ketones is 3. The van der Waals surface area contributed by atoms with Crippen LogP contribution in [0.1, 0.15) is 94.0 Å². The average molecular weight is 1970 g/mol. The molecule has 7 N–H and O–H groups in total. The first-order valence-corrected chi connectivity index (χ1v) is 44.9. The van der Waals surface area contributed by atoms with E-state index in [0.717, 1.165) is 135 Å². The predicted molar refractivity (Wildman–Crippen MR) is 526 cm³/mol. The molecule has 0 spiro atoms. The van der Waals surface area contributed by atoms with E-state index in [2.05, 4.69) is 128 Å². The number of aliphatic imine (C=N–C) groups is 2. The van der Waals surface area contributed by atoms with E-state index in [-0.39, 0.29) is 79.1 Å². The van der Waals surface area contributed by atoms with Crippen molar-refractivity contribution >= 4 is 166 Å². The molecule has 3 saturated heterocycles. The summed E-state index contributed by atoms with van der Waals surface area (Å²) in [5.41, 5.74) is 10.5. The number of carbonyl (C=O) groups excluding carboxylic acids is 3. The molecule has 0 amide bonds. The fourth-order valence-corrected chi connectivity index (χ4v) is 16.7. The maximum Gasteiger partial charge on any atom is 0.334 e. The van der Waals surface area contributed by atoms with E-state index in [4.69, 9.17) is 65.9 Å². The third-order valence-electron chi connectivity index (χ3n) is 22.9. The van der Waals surface area contributed by atoms with Crippen molar-refractivity contribution in [2.45, 2.75) is 40.8 Å². The second-order valence-electron chi connectivity index (χ2n) is 31.6. The fraction of sp³-hybridized carbons (Fsp3) is 0.234. The topological polar surface area (TPSA) is 425 Å². The van der Waals surface area contributed by atoms with Crippen LogP contribution in [0.4, 0.5) is 74.7 Å². The van der Waals surface area contributed by atoms with Crippen molar-refractivity contribution in [1.82, 2.24) is 65.2 Å². The zero-order valence-electron chi connectivity index (χ0n) is 74.0. The number of fused-ring (bicyclic) bond motifs is 2. The van der Waals surface area contributed by atoms with Crippen molar-refractivity contribution in [3.05, 3.63) is 334 Å². The van der Waals surface area contributed by atoms with Gasteiger partial charge in [0, 0.05) is 154 Å². The molecule has 13 aromatic rings. The number of hydrogen-bond donors (Lipinski definition) is 7. The quantitative estimate of drug-likeness (QED) is 0.0121. The number of aryl methyl sites for hydroxylation is 1. The Labute approximate surface area is 802 Å². The zero-order valence-corrected chi connectivity index (χ0v) is 78.6. The van der Waals surface area contributed by atoms with E-state index < -0.39 is 14.8 Å². The SMILES string of the molecule is CC1=C2N=C(c3ccccc3Cl)c3cnc(N4CCNCC4)cc3NC2=NC1.COc1ccc(Cn2nc(Nc3cc(Br)ncc3C(=O)c3ccccc3Cl)c([N+](=O)[O-])c2C)cc1.COc1ccc(Cn2nc(Nc3cc(N4CCN(C)CC4)ncc3C(=O)c3ccccc3Cl)c([N+](=O)[O-])c2C)cc1.Cc1[nH]nc(Nc2cc(N3CCNCC3)ncc2C(=O)c2ccccc2Cl)c1[N+](=O)[O-]. The van der Waals surface area contributed by atoms with Gasteiger partial charge in [-0.25, -0.2) is 24.9 Å². The molecule has 0 saturated carbocycles. The van der Waals surface area contributed by atoms with Gasteiger partial charge in [-0.15, -0.1) is 15.3 Å². The van der Waals surface area contributed by atoms with Crippen molar-refractivity contribution in [2.24, 2.45) is 9.98 Å². The molecular formula is C94H90BrCl4N25O11.